The van der Waals surface area contributed by atoms with Gasteiger partial charge in [-0.05, 0) is 24.1 Å². The number of nitrogens with one attached hydrogen (secondary N) is 2. The monoisotopic (exact) mass is 239 g/mol. The van der Waals surface area contributed by atoms with E-state index in [0.29, 0.717) is 0 Å². The van der Waals surface area contributed by atoms with Gasteiger partial charge in [-0.25, -0.2) is 13.4 Å². The second-order valence-corrected chi connectivity index (χ2v) is 5.41. The molecule has 6 heteroatoms. The van der Waals surface area contributed by atoms with Gasteiger partial charge in [0, 0.05) is 0 Å². The Morgan fingerprint density at radius 2 is 2.19 bits per heavy atom. The van der Waals surface area contributed by atoms with Crippen LogP contribution in [0.15, 0.2) is 18.2 Å². The zero-order valence-corrected chi connectivity index (χ0v) is 9.93. The molecule has 1 aromatic carbocycles. The Morgan fingerprint density at radius 1 is 1.44 bits per heavy atom. The molecule has 0 radical (unpaired) electrons. The van der Waals surface area contributed by atoms with E-state index in [-0.39, 0.29) is 5.95 Å². The van der Waals surface area contributed by atoms with Gasteiger partial charge in [-0.2, -0.15) is 0 Å². The van der Waals surface area contributed by atoms with Crippen molar-refractivity contribution in [3.8, 4) is 0 Å². The predicted molar refractivity (Wildman–Crippen MR) is 63.9 cm³/mol. The molecule has 0 bridgehead atoms. The Labute approximate surface area is 93.9 Å². The maximum absolute atomic E-state index is 11.0. The van der Waals surface area contributed by atoms with Crippen LogP contribution in [0.2, 0.25) is 0 Å². The summed E-state index contributed by atoms with van der Waals surface area (Å²) in [7, 11) is -3.28. The third kappa shape index (κ3) is 2.33. The largest absolute Gasteiger partial charge is 0.323 e. The Kier molecular flexibility index (Phi) is 2.59. The molecule has 2 rings (SSSR count). The van der Waals surface area contributed by atoms with Gasteiger partial charge >= 0.3 is 0 Å². The van der Waals surface area contributed by atoms with E-state index in [1.165, 1.54) is 5.56 Å². The van der Waals surface area contributed by atoms with Crippen molar-refractivity contribution < 1.29 is 8.42 Å². The molecular formula is C10H13N3O2S. The number of benzene rings is 1. The van der Waals surface area contributed by atoms with E-state index >= 15 is 0 Å². The molecule has 2 aromatic rings. The standard InChI is InChI=1S/C10H13N3O2S/c1-3-7-4-5-8-9(6-7)12-10(11-8)13-16(2,14)15/h4-6H,3H2,1-2H3,(H2,11,12,13). The summed E-state index contributed by atoms with van der Waals surface area (Å²) in [6.07, 6.45) is 2.03. The molecule has 0 aliphatic carbocycles. The first kappa shape index (κ1) is 10.9. The Balaban J connectivity index is 2.44. The van der Waals surface area contributed by atoms with E-state index < -0.39 is 10.0 Å². The lowest BCUT2D eigenvalue weighted by Crippen LogP contribution is -2.10. The molecule has 86 valence electrons. The van der Waals surface area contributed by atoms with Gasteiger partial charge in [0.05, 0.1) is 17.3 Å². The average Bonchev–Trinajstić information content (AvgIpc) is 2.55. The summed E-state index contributed by atoms with van der Waals surface area (Å²) in [6, 6.07) is 5.82. The lowest BCUT2D eigenvalue weighted by molar-refractivity contribution is 0.606. The van der Waals surface area contributed by atoms with E-state index in [4.69, 9.17) is 0 Å². The van der Waals surface area contributed by atoms with Crippen molar-refractivity contribution in [2.75, 3.05) is 11.0 Å². The molecule has 0 amide bonds. The number of hydrogen-bond donors (Lipinski definition) is 2. The Hall–Kier alpha value is -1.56. The first-order valence-electron chi connectivity index (χ1n) is 4.94. The molecule has 0 fully saturated rings. The van der Waals surface area contributed by atoms with Gasteiger partial charge in [-0.3, -0.25) is 4.72 Å². The van der Waals surface area contributed by atoms with Gasteiger partial charge in [0.15, 0.2) is 0 Å². The molecule has 1 heterocycles. The number of aryl methyl sites for hydroxylation is 1. The lowest BCUT2D eigenvalue weighted by Gasteiger charge is -1.96. The number of nitrogens with zero attached hydrogens (tertiary/aromatic N) is 1. The van der Waals surface area contributed by atoms with Crippen molar-refractivity contribution >= 4 is 27.0 Å². The van der Waals surface area contributed by atoms with Gasteiger partial charge in [-0.1, -0.05) is 13.0 Å². The van der Waals surface area contributed by atoms with E-state index in [1.54, 1.807) is 0 Å². The van der Waals surface area contributed by atoms with Gasteiger partial charge in [0.2, 0.25) is 16.0 Å². The molecule has 0 saturated heterocycles. The fourth-order valence-corrected chi connectivity index (χ4v) is 1.95. The van der Waals surface area contributed by atoms with Gasteiger partial charge < -0.3 is 4.98 Å². The van der Waals surface area contributed by atoms with E-state index in [9.17, 15) is 8.42 Å². The van der Waals surface area contributed by atoms with Crippen LogP contribution in [0.5, 0.6) is 0 Å². The van der Waals surface area contributed by atoms with Crippen molar-refractivity contribution in [3.05, 3.63) is 23.8 Å². The average molecular weight is 239 g/mol. The van der Waals surface area contributed by atoms with Crippen LogP contribution in [-0.2, 0) is 16.4 Å². The second kappa shape index (κ2) is 3.79. The molecule has 5 nitrogen and oxygen atoms in total. The minimum absolute atomic E-state index is 0.255. The van der Waals surface area contributed by atoms with E-state index in [2.05, 4.69) is 21.6 Å². The van der Waals surface area contributed by atoms with Crippen LogP contribution in [-0.4, -0.2) is 24.6 Å². The fraction of sp³-hybridized carbons (Fsp3) is 0.300. The second-order valence-electron chi connectivity index (χ2n) is 3.66. The number of hydrogen-bond acceptors (Lipinski definition) is 3. The van der Waals surface area contributed by atoms with Crippen LogP contribution >= 0.6 is 0 Å². The van der Waals surface area contributed by atoms with Crippen LogP contribution < -0.4 is 4.72 Å². The Morgan fingerprint density at radius 3 is 2.81 bits per heavy atom. The zero-order valence-electron chi connectivity index (χ0n) is 9.11. The third-order valence-electron chi connectivity index (χ3n) is 2.24. The van der Waals surface area contributed by atoms with Crippen molar-refractivity contribution in [1.82, 2.24) is 9.97 Å². The molecule has 2 N–H and O–H groups in total. The molecule has 0 unspecified atom stereocenters. The summed E-state index contributed by atoms with van der Waals surface area (Å²) in [5.74, 6) is 0.255. The molecule has 0 saturated carbocycles. The first-order valence-corrected chi connectivity index (χ1v) is 6.83. The Bertz CT molecular complexity index is 616. The minimum Gasteiger partial charge on any atom is -0.323 e. The summed E-state index contributed by atoms with van der Waals surface area (Å²) < 4.78 is 24.4. The first-order chi connectivity index (χ1) is 7.48. The molecule has 16 heavy (non-hydrogen) atoms. The highest BCUT2D eigenvalue weighted by molar-refractivity contribution is 7.91. The summed E-state index contributed by atoms with van der Waals surface area (Å²) in [5, 5.41) is 0. The highest BCUT2D eigenvalue weighted by Gasteiger charge is 2.07. The van der Waals surface area contributed by atoms with Crippen LogP contribution in [0.1, 0.15) is 12.5 Å². The van der Waals surface area contributed by atoms with E-state index in [0.717, 1.165) is 23.7 Å². The summed E-state index contributed by atoms with van der Waals surface area (Å²) in [5.41, 5.74) is 2.77. The van der Waals surface area contributed by atoms with Gasteiger partial charge in [0.1, 0.15) is 0 Å². The number of H-pyrrole nitrogens is 1. The SMILES string of the molecule is CCc1ccc2nc(NS(C)(=O)=O)[nH]c2c1. The molecule has 0 aliphatic rings. The number of aromatic amines is 1. The molecule has 1 aromatic heterocycles. The molecule has 0 spiro atoms. The van der Waals surface area contributed by atoms with Crippen LogP contribution in [0.4, 0.5) is 5.95 Å². The van der Waals surface area contributed by atoms with Crippen molar-refractivity contribution in [1.29, 1.82) is 0 Å². The summed E-state index contributed by atoms with van der Waals surface area (Å²) >= 11 is 0. The smallest absolute Gasteiger partial charge is 0.232 e. The lowest BCUT2D eigenvalue weighted by atomic mass is 10.1. The number of rotatable bonds is 3. The maximum atomic E-state index is 11.0. The molecule has 0 atom stereocenters. The number of aromatic nitrogens is 2. The van der Waals surface area contributed by atoms with Crippen LogP contribution in [0.3, 0.4) is 0 Å². The van der Waals surface area contributed by atoms with Gasteiger partial charge in [-0.15, -0.1) is 0 Å². The minimum atomic E-state index is -3.28. The summed E-state index contributed by atoms with van der Waals surface area (Å²) in [4.78, 5) is 7.05. The number of sulfonamides is 1. The number of anilines is 1. The van der Waals surface area contributed by atoms with E-state index in [1.807, 2.05) is 18.2 Å². The summed E-state index contributed by atoms with van der Waals surface area (Å²) in [6.45, 7) is 2.06. The molecule has 0 aliphatic heterocycles. The van der Waals surface area contributed by atoms with Crippen molar-refractivity contribution in [2.45, 2.75) is 13.3 Å². The predicted octanol–water partition coefficient (Wildman–Crippen LogP) is 1.50. The normalized spacial score (nSPS) is 11.9. The van der Waals surface area contributed by atoms with Crippen molar-refractivity contribution in [2.24, 2.45) is 0 Å². The highest BCUT2D eigenvalue weighted by Crippen LogP contribution is 2.16. The zero-order chi connectivity index (χ0) is 11.8. The van der Waals surface area contributed by atoms with Gasteiger partial charge in [0.25, 0.3) is 0 Å². The van der Waals surface area contributed by atoms with Crippen LogP contribution in [0.25, 0.3) is 11.0 Å². The van der Waals surface area contributed by atoms with Crippen LogP contribution in [0, 0.1) is 0 Å². The highest BCUT2D eigenvalue weighted by atomic mass is 32.2. The molecular weight excluding hydrogens is 226 g/mol. The third-order valence-corrected chi connectivity index (χ3v) is 2.80. The topological polar surface area (TPSA) is 74.8 Å². The van der Waals surface area contributed by atoms with Crippen molar-refractivity contribution in [3.63, 3.8) is 0 Å². The fourth-order valence-electron chi connectivity index (χ4n) is 1.50. The maximum Gasteiger partial charge on any atom is 0.232 e. The quantitative estimate of drug-likeness (QED) is 0.852. The number of imidazole rings is 1. The number of fused-ring (bicyclic) bond motifs is 1.